The topological polar surface area (TPSA) is 71.5 Å². The number of carboxylic acid groups (broad SMARTS) is 1. The summed E-state index contributed by atoms with van der Waals surface area (Å²) in [5.74, 6) is -0.00363. The standard InChI is InChI=1S/C24H26N2O3/c1-17-12-20(13-18(2)23(17)29-16-21-10-6-7-11-25-21)15-26-22(24(27)28)14-19-8-4-3-5-9-19/h3-13,22,26H,14-16H2,1-2H3,(H,27,28)/t22-/m0/s1. The van der Waals surface area contributed by atoms with Gasteiger partial charge in [-0.25, -0.2) is 0 Å². The van der Waals surface area contributed by atoms with Gasteiger partial charge in [0.15, 0.2) is 0 Å². The fourth-order valence-electron chi connectivity index (χ4n) is 3.34. The number of carbonyl (C=O) groups is 1. The first-order valence-corrected chi connectivity index (χ1v) is 9.66. The molecule has 0 saturated heterocycles. The van der Waals surface area contributed by atoms with Crippen molar-refractivity contribution in [3.8, 4) is 5.75 Å². The van der Waals surface area contributed by atoms with E-state index in [-0.39, 0.29) is 0 Å². The Labute approximate surface area is 171 Å². The van der Waals surface area contributed by atoms with E-state index in [1.54, 1.807) is 6.20 Å². The molecule has 29 heavy (non-hydrogen) atoms. The molecule has 0 aliphatic rings. The second kappa shape index (κ2) is 9.85. The summed E-state index contributed by atoms with van der Waals surface area (Å²) in [5, 5.41) is 12.7. The van der Waals surface area contributed by atoms with Crippen molar-refractivity contribution in [2.24, 2.45) is 0 Å². The summed E-state index contributed by atoms with van der Waals surface area (Å²) in [5.41, 5.74) is 4.95. The third-order valence-electron chi connectivity index (χ3n) is 4.74. The van der Waals surface area contributed by atoms with Crippen LogP contribution in [0.3, 0.4) is 0 Å². The van der Waals surface area contributed by atoms with Crippen LogP contribution in [0.25, 0.3) is 0 Å². The highest BCUT2D eigenvalue weighted by atomic mass is 16.5. The van der Waals surface area contributed by atoms with Gasteiger partial charge in [0.1, 0.15) is 18.4 Å². The normalized spacial score (nSPS) is 11.8. The number of pyridine rings is 1. The Morgan fingerprint density at radius 1 is 1.03 bits per heavy atom. The summed E-state index contributed by atoms with van der Waals surface area (Å²) in [7, 11) is 0. The molecule has 0 spiro atoms. The van der Waals surface area contributed by atoms with Crippen LogP contribution in [0.2, 0.25) is 0 Å². The van der Waals surface area contributed by atoms with Gasteiger partial charge in [0, 0.05) is 12.7 Å². The van der Waals surface area contributed by atoms with Gasteiger partial charge in [-0.2, -0.15) is 0 Å². The predicted molar refractivity (Wildman–Crippen MR) is 113 cm³/mol. The molecule has 5 nitrogen and oxygen atoms in total. The number of aliphatic carboxylic acids is 1. The molecule has 5 heteroatoms. The van der Waals surface area contributed by atoms with E-state index in [9.17, 15) is 9.90 Å². The van der Waals surface area contributed by atoms with Crippen LogP contribution in [0.4, 0.5) is 0 Å². The van der Waals surface area contributed by atoms with E-state index in [1.807, 2.05) is 74.5 Å². The number of aromatic nitrogens is 1. The smallest absolute Gasteiger partial charge is 0.321 e. The Morgan fingerprint density at radius 2 is 1.72 bits per heavy atom. The van der Waals surface area contributed by atoms with E-state index in [0.717, 1.165) is 33.7 Å². The lowest BCUT2D eigenvalue weighted by atomic mass is 10.0. The number of benzene rings is 2. The summed E-state index contributed by atoms with van der Waals surface area (Å²) in [6.07, 6.45) is 2.20. The first-order valence-electron chi connectivity index (χ1n) is 9.66. The first-order chi connectivity index (χ1) is 14.0. The Balaban J connectivity index is 1.64. The van der Waals surface area contributed by atoms with Crippen molar-refractivity contribution in [3.05, 3.63) is 94.8 Å². The molecule has 2 aromatic carbocycles. The summed E-state index contributed by atoms with van der Waals surface area (Å²) in [4.78, 5) is 15.9. The predicted octanol–water partition coefficient (Wildman–Crippen LogP) is 4.06. The maximum absolute atomic E-state index is 11.6. The van der Waals surface area contributed by atoms with Crippen molar-refractivity contribution in [2.45, 2.75) is 39.5 Å². The number of hydrogen-bond donors (Lipinski definition) is 2. The second-order valence-corrected chi connectivity index (χ2v) is 7.13. The fourth-order valence-corrected chi connectivity index (χ4v) is 3.34. The molecular formula is C24H26N2O3. The van der Waals surface area contributed by atoms with Crippen molar-refractivity contribution in [2.75, 3.05) is 0 Å². The zero-order valence-corrected chi connectivity index (χ0v) is 16.8. The van der Waals surface area contributed by atoms with Crippen LogP contribution in [-0.4, -0.2) is 22.1 Å². The van der Waals surface area contributed by atoms with Gasteiger partial charge in [0.05, 0.1) is 5.69 Å². The van der Waals surface area contributed by atoms with Crippen LogP contribution in [0.5, 0.6) is 5.75 Å². The third-order valence-corrected chi connectivity index (χ3v) is 4.74. The Hall–Kier alpha value is -3.18. The van der Waals surface area contributed by atoms with Gasteiger partial charge in [-0.1, -0.05) is 48.5 Å². The number of ether oxygens (including phenoxy) is 1. The van der Waals surface area contributed by atoms with Gasteiger partial charge >= 0.3 is 5.97 Å². The van der Waals surface area contributed by atoms with Gasteiger partial charge in [-0.15, -0.1) is 0 Å². The van der Waals surface area contributed by atoms with E-state index in [1.165, 1.54) is 0 Å². The molecule has 0 bridgehead atoms. The molecule has 0 aliphatic carbocycles. The van der Waals surface area contributed by atoms with E-state index in [2.05, 4.69) is 10.3 Å². The average molecular weight is 390 g/mol. The molecule has 0 saturated carbocycles. The molecule has 1 aromatic heterocycles. The Kier molecular flexibility index (Phi) is 6.98. The maximum atomic E-state index is 11.6. The zero-order chi connectivity index (χ0) is 20.6. The van der Waals surface area contributed by atoms with Crippen LogP contribution >= 0.6 is 0 Å². The summed E-state index contributed by atoms with van der Waals surface area (Å²) in [6, 6.07) is 18.8. The highest BCUT2D eigenvalue weighted by molar-refractivity contribution is 5.73. The van der Waals surface area contributed by atoms with Crippen molar-refractivity contribution in [1.29, 1.82) is 0 Å². The van der Waals surface area contributed by atoms with Gasteiger partial charge in [-0.3, -0.25) is 9.78 Å². The summed E-state index contributed by atoms with van der Waals surface area (Å²) >= 11 is 0. The number of carboxylic acids is 1. The molecule has 0 radical (unpaired) electrons. The summed E-state index contributed by atoms with van der Waals surface area (Å²) in [6.45, 7) is 4.90. The van der Waals surface area contributed by atoms with Crippen molar-refractivity contribution in [3.63, 3.8) is 0 Å². The van der Waals surface area contributed by atoms with Crippen LogP contribution in [0.1, 0.15) is 27.9 Å². The Bertz CT molecular complexity index is 920. The van der Waals surface area contributed by atoms with E-state index >= 15 is 0 Å². The molecule has 1 heterocycles. The maximum Gasteiger partial charge on any atom is 0.321 e. The highest BCUT2D eigenvalue weighted by Crippen LogP contribution is 2.25. The Morgan fingerprint density at radius 3 is 2.34 bits per heavy atom. The van der Waals surface area contributed by atoms with Crippen molar-refractivity contribution < 1.29 is 14.6 Å². The van der Waals surface area contributed by atoms with Gasteiger partial charge in [0.2, 0.25) is 0 Å². The molecule has 0 unspecified atom stereocenters. The molecule has 2 N–H and O–H groups in total. The molecule has 150 valence electrons. The minimum atomic E-state index is -0.849. The van der Waals surface area contributed by atoms with Gasteiger partial charge in [-0.05, 0) is 54.7 Å². The quantitative estimate of drug-likeness (QED) is 0.576. The molecule has 0 fully saturated rings. The summed E-state index contributed by atoms with van der Waals surface area (Å²) < 4.78 is 5.97. The van der Waals surface area contributed by atoms with E-state index in [0.29, 0.717) is 19.6 Å². The van der Waals surface area contributed by atoms with Crippen molar-refractivity contribution in [1.82, 2.24) is 10.3 Å². The minimum Gasteiger partial charge on any atom is -0.487 e. The minimum absolute atomic E-state index is 0.415. The first kappa shape index (κ1) is 20.6. The van der Waals surface area contributed by atoms with Crippen LogP contribution in [-0.2, 0) is 24.4 Å². The van der Waals surface area contributed by atoms with Crippen molar-refractivity contribution >= 4 is 5.97 Å². The van der Waals surface area contributed by atoms with Crippen LogP contribution in [0, 0.1) is 13.8 Å². The van der Waals surface area contributed by atoms with E-state index < -0.39 is 12.0 Å². The zero-order valence-electron chi connectivity index (χ0n) is 16.8. The average Bonchev–Trinajstić information content (AvgIpc) is 2.72. The molecule has 3 rings (SSSR count). The van der Waals surface area contributed by atoms with Crippen LogP contribution in [0.15, 0.2) is 66.9 Å². The fraction of sp³-hybridized carbons (Fsp3) is 0.250. The molecule has 0 amide bonds. The lowest BCUT2D eigenvalue weighted by molar-refractivity contribution is -0.139. The molecule has 3 aromatic rings. The second-order valence-electron chi connectivity index (χ2n) is 7.13. The SMILES string of the molecule is Cc1cc(CN[C@@H](Cc2ccccc2)C(=O)O)cc(C)c1OCc1ccccn1. The lowest BCUT2D eigenvalue weighted by Gasteiger charge is -2.17. The number of nitrogens with zero attached hydrogens (tertiary/aromatic N) is 1. The largest absolute Gasteiger partial charge is 0.487 e. The van der Waals surface area contributed by atoms with E-state index in [4.69, 9.17) is 4.74 Å². The molecule has 1 atom stereocenters. The molecule has 0 aliphatic heterocycles. The number of nitrogens with one attached hydrogen (secondary N) is 1. The molecular weight excluding hydrogens is 364 g/mol. The van der Waals surface area contributed by atoms with Gasteiger partial charge in [0.25, 0.3) is 0 Å². The monoisotopic (exact) mass is 390 g/mol. The third kappa shape index (κ3) is 5.90. The highest BCUT2D eigenvalue weighted by Gasteiger charge is 2.17. The number of aryl methyl sites for hydroxylation is 2. The number of rotatable bonds is 9. The van der Waals surface area contributed by atoms with Crippen LogP contribution < -0.4 is 10.1 Å². The lowest BCUT2D eigenvalue weighted by Crippen LogP contribution is -2.38. The van der Waals surface area contributed by atoms with Gasteiger partial charge < -0.3 is 15.2 Å². The number of hydrogen-bond acceptors (Lipinski definition) is 4.